The van der Waals surface area contributed by atoms with E-state index in [1.807, 2.05) is 6.07 Å². The highest BCUT2D eigenvalue weighted by Gasteiger charge is 2.30. The van der Waals surface area contributed by atoms with E-state index in [1.165, 1.54) is 12.8 Å². The number of nitriles is 1. The lowest BCUT2D eigenvalue weighted by Gasteiger charge is -2.26. The van der Waals surface area contributed by atoms with Crippen LogP contribution in [0, 0.1) is 11.3 Å². The Morgan fingerprint density at radius 3 is 2.73 bits per heavy atom. The first kappa shape index (κ1) is 16.9. The second-order valence-electron chi connectivity index (χ2n) is 6.03. The minimum atomic E-state index is -3.37. The molecular formula is C16H23N3O2S. The van der Waals surface area contributed by atoms with Gasteiger partial charge in [0.15, 0.2) is 0 Å². The molecule has 6 heteroatoms. The summed E-state index contributed by atoms with van der Waals surface area (Å²) >= 11 is 0. The van der Waals surface area contributed by atoms with Crippen molar-refractivity contribution >= 4 is 10.0 Å². The molecule has 1 saturated carbocycles. The quantitative estimate of drug-likeness (QED) is 0.793. The third kappa shape index (κ3) is 5.09. The molecule has 0 heterocycles. The summed E-state index contributed by atoms with van der Waals surface area (Å²) in [7, 11) is -3.37. The Kier molecular flexibility index (Phi) is 5.57. The third-order valence-electron chi connectivity index (χ3n) is 3.78. The van der Waals surface area contributed by atoms with E-state index in [1.54, 1.807) is 24.3 Å². The standard InChI is InChI=1S/C16H23N3O2S/c1-13(2)19(16-6-7-16)9-8-18-22(20,21)12-15-5-3-4-14(10-15)11-17/h3-5,10,13,16,18H,6-9,12H2,1-2H3. The first-order chi connectivity index (χ1) is 10.4. The Morgan fingerprint density at radius 1 is 1.41 bits per heavy atom. The van der Waals surface area contributed by atoms with Crippen molar-refractivity contribution in [2.75, 3.05) is 13.1 Å². The van der Waals surface area contributed by atoms with Gasteiger partial charge in [-0.1, -0.05) is 12.1 Å². The first-order valence-corrected chi connectivity index (χ1v) is 9.28. The van der Waals surface area contributed by atoms with E-state index in [-0.39, 0.29) is 5.75 Å². The topological polar surface area (TPSA) is 73.2 Å². The van der Waals surface area contributed by atoms with Crippen molar-refractivity contribution in [1.29, 1.82) is 5.26 Å². The summed E-state index contributed by atoms with van der Waals surface area (Å²) in [6.45, 7) is 5.44. The lowest BCUT2D eigenvalue weighted by atomic mass is 10.2. The van der Waals surface area contributed by atoms with Crippen LogP contribution in [0.5, 0.6) is 0 Å². The van der Waals surface area contributed by atoms with E-state index >= 15 is 0 Å². The summed E-state index contributed by atoms with van der Waals surface area (Å²) in [6, 6.07) is 9.79. The van der Waals surface area contributed by atoms with Gasteiger partial charge in [-0.05, 0) is 44.4 Å². The van der Waals surface area contributed by atoms with E-state index in [2.05, 4.69) is 23.5 Å². The molecule has 0 bridgehead atoms. The van der Waals surface area contributed by atoms with Crippen LogP contribution in [0.15, 0.2) is 24.3 Å². The molecule has 5 nitrogen and oxygen atoms in total. The van der Waals surface area contributed by atoms with Crippen LogP contribution in [-0.4, -0.2) is 38.5 Å². The molecule has 0 radical (unpaired) electrons. The molecule has 0 aromatic heterocycles. The molecule has 2 rings (SSSR count). The van der Waals surface area contributed by atoms with Gasteiger partial charge in [0, 0.05) is 25.2 Å². The minimum absolute atomic E-state index is 0.0897. The van der Waals surface area contributed by atoms with E-state index in [0.717, 1.165) is 6.54 Å². The van der Waals surface area contributed by atoms with Gasteiger partial charge >= 0.3 is 0 Å². The zero-order valence-electron chi connectivity index (χ0n) is 13.1. The fraction of sp³-hybridized carbons (Fsp3) is 0.562. The molecule has 1 aromatic carbocycles. The van der Waals surface area contributed by atoms with E-state index in [4.69, 9.17) is 5.26 Å². The second kappa shape index (κ2) is 7.23. The van der Waals surface area contributed by atoms with Gasteiger partial charge < -0.3 is 0 Å². The van der Waals surface area contributed by atoms with Crippen LogP contribution in [0.25, 0.3) is 0 Å². The molecule has 1 N–H and O–H groups in total. The van der Waals surface area contributed by atoms with Crippen molar-refractivity contribution in [3.63, 3.8) is 0 Å². The van der Waals surface area contributed by atoms with Gasteiger partial charge in [-0.3, -0.25) is 4.90 Å². The Morgan fingerprint density at radius 2 is 2.14 bits per heavy atom. The molecule has 0 amide bonds. The normalized spacial score (nSPS) is 15.2. The molecule has 0 saturated heterocycles. The highest BCUT2D eigenvalue weighted by molar-refractivity contribution is 7.88. The van der Waals surface area contributed by atoms with Crippen LogP contribution in [0.2, 0.25) is 0 Å². The van der Waals surface area contributed by atoms with E-state index in [0.29, 0.717) is 29.8 Å². The maximum absolute atomic E-state index is 12.1. The predicted molar refractivity (Wildman–Crippen MR) is 86.6 cm³/mol. The maximum atomic E-state index is 12.1. The van der Waals surface area contributed by atoms with E-state index < -0.39 is 10.0 Å². The predicted octanol–water partition coefficient (Wildman–Crippen LogP) is 1.85. The monoisotopic (exact) mass is 321 g/mol. The summed E-state index contributed by atoms with van der Waals surface area (Å²) in [6.07, 6.45) is 2.43. The molecule has 0 spiro atoms. The van der Waals surface area contributed by atoms with Gasteiger partial charge in [-0.2, -0.15) is 5.26 Å². The van der Waals surface area contributed by atoms with Gasteiger partial charge in [0.25, 0.3) is 0 Å². The third-order valence-corrected chi connectivity index (χ3v) is 5.14. The molecule has 1 fully saturated rings. The number of hydrogen-bond donors (Lipinski definition) is 1. The van der Waals surface area contributed by atoms with Gasteiger partial charge in [0.1, 0.15) is 0 Å². The molecular weight excluding hydrogens is 298 g/mol. The number of hydrogen-bond acceptors (Lipinski definition) is 4. The van der Waals surface area contributed by atoms with Crippen molar-refractivity contribution in [2.45, 2.75) is 44.5 Å². The van der Waals surface area contributed by atoms with Crippen molar-refractivity contribution in [2.24, 2.45) is 0 Å². The lowest BCUT2D eigenvalue weighted by molar-refractivity contribution is 0.215. The molecule has 1 aromatic rings. The Hall–Kier alpha value is -1.42. The Bertz CT molecular complexity index is 644. The van der Waals surface area contributed by atoms with Crippen LogP contribution < -0.4 is 4.72 Å². The van der Waals surface area contributed by atoms with Crippen LogP contribution in [-0.2, 0) is 15.8 Å². The summed E-state index contributed by atoms with van der Waals surface area (Å²) in [4.78, 5) is 2.35. The number of nitrogens with one attached hydrogen (secondary N) is 1. The number of rotatable bonds is 8. The molecule has 0 atom stereocenters. The van der Waals surface area contributed by atoms with Gasteiger partial charge in [-0.15, -0.1) is 0 Å². The van der Waals surface area contributed by atoms with E-state index in [9.17, 15) is 8.42 Å². The largest absolute Gasteiger partial charge is 0.297 e. The van der Waals surface area contributed by atoms with Crippen LogP contribution in [0.3, 0.4) is 0 Å². The molecule has 0 aliphatic heterocycles. The van der Waals surface area contributed by atoms with Crippen LogP contribution >= 0.6 is 0 Å². The second-order valence-corrected chi connectivity index (χ2v) is 7.84. The summed E-state index contributed by atoms with van der Waals surface area (Å²) in [5, 5.41) is 8.85. The SMILES string of the molecule is CC(C)N(CCNS(=O)(=O)Cc1cccc(C#N)c1)C1CC1. The smallest absolute Gasteiger partial charge is 0.215 e. The van der Waals surface area contributed by atoms with Crippen LogP contribution in [0.4, 0.5) is 0 Å². The zero-order valence-corrected chi connectivity index (χ0v) is 13.9. The zero-order chi connectivity index (χ0) is 16.2. The molecule has 22 heavy (non-hydrogen) atoms. The van der Waals surface area contributed by atoms with Crippen LogP contribution in [0.1, 0.15) is 37.8 Å². The molecule has 1 aliphatic rings. The summed E-state index contributed by atoms with van der Waals surface area (Å²) in [5.74, 6) is -0.0897. The fourth-order valence-electron chi connectivity index (χ4n) is 2.60. The minimum Gasteiger partial charge on any atom is -0.297 e. The first-order valence-electron chi connectivity index (χ1n) is 7.63. The number of sulfonamides is 1. The highest BCUT2D eigenvalue weighted by Crippen LogP contribution is 2.27. The Balaban J connectivity index is 1.87. The number of benzene rings is 1. The maximum Gasteiger partial charge on any atom is 0.215 e. The van der Waals surface area contributed by atoms with Crippen molar-refractivity contribution < 1.29 is 8.42 Å². The van der Waals surface area contributed by atoms with Crippen molar-refractivity contribution in [3.05, 3.63) is 35.4 Å². The molecule has 0 unspecified atom stereocenters. The molecule has 120 valence electrons. The average molecular weight is 321 g/mol. The average Bonchev–Trinajstić information content (AvgIpc) is 3.27. The summed E-state index contributed by atoms with van der Waals surface area (Å²) in [5.41, 5.74) is 1.11. The Labute approximate surface area is 133 Å². The molecule has 1 aliphatic carbocycles. The van der Waals surface area contributed by atoms with Gasteiger partial charge in [0.05, 0.1) is 17.4 Å². The van der Waals surface area contributed by atoms with Crippen molar-refractivity contribution in [1.82, 2.24) is 9.62 Å². The lowest BCUT2D eigenvalue weighted by Crippen LogP contribution is -2.40. The number of nitrogens with zero attached hydrogens (tertiary/aromatic N) is 2. The fourth-order valence-corrected chi connectivity index (χ4v) is 3.72. The van der Waals surface area contributed by atoms with Crippen molar-refractivity contribution in [3.8, 4) is 6.07 Å². The van der Waals surface area contributed by atoms with Gasteiger partial charge in [0.2, 0.25) is 10.0 Å². The highest BCUT2D eigenvalue weighted by atomic mass is 32.2. The van der Waals surface area contributed by atoms with Gasteiger partial charge in [-0.25, -0.2) is 13.1 Å². The summed E-state index contributed by atoms with van der Waals surface area (Å²) < 4.78 is 26.9.